The summed E-state index contributed by atoms with van der Waals surface area (Å²) in [7, 11) is 0. The first-order chi connectivity index (χ1) is 9.72. The number of nitrogens with one attached hydrogen (secondary N) is 1. The second-order valence-electron chi connectivity index (χ2n) is 5.87. The molecule has 5 heteroatoms. The Labute approximate surface area is 124 Å². The number of nitrogens with zero attached hydrogens (tertiary/aromatic N) is 1. The van der Waals surface area contributed by atoms with Crippen molar-refractivity contribution in [3.05, 3.63) is 22.4 Å². The summed E-state index contributed by atoms with van der Waals surface area (Å²) in [6.45, 7) is 5.26. The molecule has 0 bridgehead atoms. The zero-order chi connectivity index (χ0) is 13.9. The lowest BCUT2D eigenvalue weighted by atomic mass is 10.1. The number of hydrogen-bond donors (Lipinski definition) is 1. The van der Waals surface area contributed by atoms with Gasteiger partial charge in [0.2, 0.25) is 0 Å². The molecule has 0 radical (unpaired) electrons. The van der Waals surface area contributed by atoms with E-state index in [1.807, 2.05) is 0 Å². The second kappa shape index (κ2) is 6.52. The number of alkyl halides is 1. The molecule has 0 aliphatic carbocycles. The highest BCUT2D eigenvalue weighted by molar-refractivity contribution is 7.09. The fourth-order valence-electron chi connectivity index (χ4n) is 3.22. The number of likely N-dealkylation sites (tertiary alicyclic amines) is 1. The molecular weight excluding hydrogens is 275 g/mol. The van der Waals surface area contributed by atoms with Crippen LogP contribution in [0.15, 0.2) is 17.5 Å². The van der Waals surface area contributed by atoms with Crippen LogP contribution in [0.2, 0.25) is 0 Å². The first kappa shape index (κ1) is 14.4. The summed E-state index contributed by atoms with van der Waals surface area (Å²) in [5, 5.41) is 5.66. The predicted octanol–water partition coefficient (Wildman–Crippen LogP) is 2.43. The monoisotopic (exact) mass is 298 g/mol. The van der Waals surface area contributed by atoms with Gasteiger partial charge in [-0.05, 0) is 31.2 Å². The normalized spacial score (nSPS) is 34.9. The van der Waals surface area contributed by atoms with E-state index in [1.165, 1.54) is 4.88 Å². The molecule has 3 heterocycles. The molecule has 2 aliphatic rings. The zero-order valence-electron chi connectivity index (χ0n) is 11.9. The first-order valence-corrected chi connectivity index (χ1v) is 8.36. The van der Waals surface area contributed by atoms with Crippen molar-refractivity contribution >= 4 is 11.3 Å². The molecule has 0 aromatic carbocycles. The van der Waals surface area contributed by atoms with E-state index in [1.54, 1.807) is 11.3 Å². The molecule has 1 aromatic rings. The van der Waals surface area contributed by atoms with Crippen LogP contribution in [0.4, 0.5) is 4.39 Å². The highest BCUT2D eigenvalue weighted by atomic mass is 32.1. The van der Waals surface area contributed by atoms with Crippen molar-refractivity contribution in [2.45, 2.75) is 50.7 Å². The quantitative estimate of drug-likeness (QED) is 0.903. The minimum atomic E-state index is -0.681. The van der Waals surface area contributed by atoms with E-state index < -0.39 is 6.17 Å². The van der Waals surface area contributed by atoms with E-state index in [4.69, 9.17) is 4.74 Å². The van der Waals surface area contributed by atoms with Gasteiger partial charge in [0.05, 0.1) is 6.10 Å². The molecule has 0 unspecified atom stereocenters. The van der Waals surface area contributed by atoms with Gasteiger partial charge in [0.1, 0.15) is 6.17 Å². The van der Waals surface area contributed by atoms with Crippen LogP contribution >= 0.6 is 11.3 Å². The molecule has 0 amide bonds. The van der Waals surface area contributed by atoms with Crippen LogP contribution in [0.5, 0.6) is 0 Å². The summed E-state index contributed by atoms with van der Waals surface area (Å²) in [5.41, 5.74) is 0. The van der Waals surface area contributed by atoms with Crippen LogP contribution in [0, 0.1) is 0 Å². The molecule has 2 aliphatic heterocycles. The molecule has 112 valence electrons. The lowest BCUT2D eigenvalue weighted by molar-refractivity contribution is 0.111. The van der Waals surface area contributed by atoms with E-state index in [9.17, 15) is 4.39 Å². The van der Waals surface area contributed by atoms with Gasteiger partial charge in [-0.1, -0.05) is 6.07 Å². The molecule has 0 spiro atoms. The molecule has 1 N–H and O–H groups in total. The number of rotatable bonds is 5. The zero-order valence-corrected chi connectivity index (χ0v) is 12.7. The van der Waals surface area contributed by atoms with Crippen LogP contribution < -0.4 is 5.32 Å². The molecule has 4 atom stereocenters. The second-order valence-corrected chi connectivity index (χ2v) is 6.91. The molecule has 2 fully saturated rings. The van der Waals surface area contributed by atoms with E-state index in [0.29, 0.717) is 25.0 Å². The van der Waals surface area contributed by atoms with Crippen LogP contribution in [0.25, 0.3) is 0 Å². The van der Waals surface area contributed by atoms with E-state index in [-0.39, 0.29) is 6.10 Å². The molecule has 1 aromatic heterocycles. The number of hydrogen-bond acceptors (Lipinski definition) is 4. The molecule has 0 saturated carbocycles. The molecular formula is C15H23FN2OS. The Hall–Kier alpha value is -0.490. The summed E-state index contributed by atoms with van der Waals surface area (Å²) >= 11 is 1.75. The summed E-state index contributed by atoms with van der Waals surface area (Å²) in [5.74, 6) is 0. The van der Waals surface area contributed by atoms with Gasteiger partial charge in [-0.3, -0.25) is 4.90 Å². The van der Waals surface area contributed by atoms with E-state index in [2.05, 4.69) is 34.7 Å². The van der Waals surface area contributed by atoms with Crippen LogP contribution in [0.1, 0.15) is 24.6 Å². The van der Waals surface area contributed by atoms with Crippen molar-refractivity contribution in [1.82, 2.24) is 10.2 Å². The Morgan fingerprint density at radius 1 is 1.55 bits per heavy atom. The van der Waals surface area contributed by atoms with Crippen molar-refractivity contribution in [3.8, 4) is 0 Å². The Morgan fingerprint density at radius 2 is 2.45 bits per heavy atom. The van der Waals surface area contributed by atoms with Crippen LogP contribution in [-0.2, 0) is 11.3 Å². The van der Waals surface area contributed by atoms with Gasteiger partial charge >= 0.3 is 0 Å². The smallest absolute Gasteiger partial charge is 0.114 e. The van der Waals surface area contributed by atoms with Gasteiger partial charge in [-0.15, -0.1) is 11.3 Å². The maximum absolute atomic E-state index is 13.7. The van der Waals surface area contributed by atoms with Crippen molar-refractivity contribution in [1.29, 1.82) is 0 Å². The standard InChI is InChI=1S/C15H23FN2OS/c1-11-15(4-5-19-11)17-8-13-7-12(16)9-18(13)10-14-3-2-6-20-14/h2-3,6,11-13,15,17H,4-5,7-10H2,1H3/t11-,12+,13+,15-/m1/s1. The molecule has 20 heavy (non-hydrogen) atoms. The highest BCUT2D eigenvalue weighted by Crippen LogP contribution is 2.24. The molecule has 2 saturated heterocycles. The minimum Gasteiger partial charge on any atom is -0.377 e. The highest BCUT2D eigenvalue weighted by Gasteiger charge is 2.33. The number of thiophene rings is 1. The van der Waals surface area contributed by atoms with E-state index in [0.717, 1.165) is 26.1 Å². The van der Waals surface area contributed by atoms with Gasteiger partial charge < -0.3 is 10.1 Å². The lowest BCUT2D eigenvalue weighted by Gasteiger charge is -2.26. The van der Waals surface area contributed by atoms with Gasteiger partial charge in [0, 0.05) is 43.2 Å². The molecule has 3 nitrogen and oxygen atoms in total. The summed E-state index contributed by atoms with van der Waals surface area (Å²) in [6.07, 6.45) is 1.32. The van der Waals surface area contributed by atoms with Crippen molar-refractivity contribution in [2.24, 2.45) is 0 Å². The lowest BCUT2D eigenvalue weighted by Crippen LogP contribution is -2.43. The summed E-state index contributed by atoms with van der Waals surface area (Å²) in [4.78, 5) is 3.60. The first-order valence-electron chi connectivity index (χ1n) is 7.48. The Bertz CT molecular complexity index is 414. The number of ether oxygens (including phenoxy) is 1. The maximum atomic E-state index is 13.7. The Morgan fingerprint density at radius 3 is 3.15 bits per heavy atom. The third-order valence-corrected chi connectivity index (χ3v) is 5.27. The van der Waals surface area contributed by atoms with Crippen molar-refractivity contribution < 1.29 is 9.13 Å². The maximum Gasteiger partial charge on any atom is 0.114 e. The fraction of sp³-hybridized carbons (Fsp3) is 0.733. The third kappa shape index (κ3) is 3.39. The fourth-order valence-corrected chi connectivity index (χ4v) is 3.95. The van der Waals surface area contributed by atoms with Gasteiger partial charge in [0.25, 0.3) is 0 Å². The summed E-state index contributed by atoms with van der Waals surface area (Å²) < 4.78 is 19.3. The molecule has 3 rings (SSSR count). The average Bonchev–Trinajstić information content (AvgIpc) is 3.11. The minimum absolute atomic E-state index is 0.281. The largest absolute Gasteiger partial charge is 0.377 e. The van der Waals surface area contributed by atoms with E-state index >= 15 is 0 Å². The summed E-state index contributed by atoms with van der Waals surface area (Å²) in [6, 6.07) is 4.93. The van der Waals surface area contributed by atoms with Crippen LogP contribution in [0.3, 0.4) is 0 Å². The number of halogens is 1. The Balaban J connectivity index is 1.53. The topological polar surface area (TPSA) is 24.5 Å². The predicted molar refractivity (Wildman–Crippen MR) is 79.9 cm³/mol. The van der Waals surface area contributed by atoms with Crippen LogP contribution in [-0.4, -0.2) is 49.0 Å². The van der Waals surface area contributed by atoms with Gasteiger partial charge in [0.15, 0.2) is 0 Å². The average molecular weight is 298 g/mol. The Kier molecular flexibility index (Phi) is 4.71. The van der Waals surface area contributed by atoms with Gasteiger partial charge in [-0.25, -0.2) is 4.39 Å². The third-order valence-electron chi connectivity index (χ3n) is 4.41. The SMILES string of the molecule is C[C@H]1OCC[C@H]1NC[C@@H]1C[C@H](F)CN1Cc1cccs1. The van der Waals surface area contributed by atoms with Gasteiger partial charge in [-0.2, -0.15) is 0 Å². The van der Waals surface area contributed by atoms with Crippen molar-refractivity contribution in [3.63, 3.8) is 0 Å². The van der Waals surface area contributed by atoms with Crippen molar-refractivity contribution in [2.75, 3.05) is 19.7 Å².